The lowest BCUT2D eigenvalue weighted by atomic mass is 9.87. The molecule has 0 saturated carbocycles. The second-order valence-electron chi connectivity index (χ2n) is 9.13. The summed E-state index contributed by atoms with van der Waals surface area (Å²) in [5, 5.41) is 0. The van der Waals surface area contributed by atoms with Gasteiger partial charge in [-0.25, -0.2) is 0 Å². The fourth-order valence-electron chi connectivity index (χ4n) is 4.67. The standard InChI is InChI=1S/C35H32O2/c1-2-34(29-15-9-10-16-29)35(30-17-21-32(22-18-30)36-25-27-11-5-3-6-12-27)31-19-23-33(24-20-31)37-26-28-13-7-4-8-14-28/h3-15,17-24H,2,16,25-26H2,1H3. The van der Waals surface area contributed by atoms with Crippen molar-refractivity contribution in [2.75, 3.05) is 0 Å². The summed E-state index contributed by atoms with van der Waals surface area (Å²) in [7, 11) is 0. The van der Waals surface area contributed by atoms with E-state index in [2.05, 4.69) is 97.9 Å². The van der Waals surface area contributed by atoms with Crippen molar-refractivity contribution in [1.82, 2.24) is 0 Å². The lowest BCUT2D eigenvalue weighted by molar-refractivity contribution is 0.306. The summed E-state index contributed by atoms with van der Waals surface area (Å²) in [6.45, 7) is 3.36. The molecule has 0 heterocycles. The minimum Gasteiger partial charge on any atom is -0.489 e. The Bertz CT molecular complexity index is 1290. The Labute approximate surface area is 220 Å². The van der Waals surface area contributed by atoms with Crippen LogP contribution >= 0.6 is 0 Å². The van der Waals surface area contributed by atoms with Gasteiger partial charge in [0.1, 0.15) is 24.7 Å². The van der Waals surface area contributed by atoms with Crippen LogP contribution in [0.25, 0.3) is 5.57 Å². The molecule has 0 fully saturated rings. The van der Waals surface area contributed by atoms with Crippen LogP contribution in [0.5, 0.6) is 11.5 Å². The van der Waals surface area contributed by atoms with E-state index in [-0.39, 0.29) is 0 Å². The number of ether oxygens (including phenoxy) is 2. The third kappa shape index (κ3) is 6.29. The van der Waals surface area contributed by atoms with Crippen LogP contribution in [-0.4, -0.2) is 0 Å². The maximum Gasteiger partial charge on any atom is 0.119 e. The summed E-state index contributed by atoms with van der Waals surface area (Å²) in [6, 6.07) is 37.5. The Morgan fingerprint density at radius 3 is 1.51 bits per heavy atom. The molecule has 0 aliphatic heterocycles. The first kappa shape index (κ1) is 24.4. The van der Waals surface area contributed by atoms with E-state index in [1.165, 1.54) is 27.8 Å². The van der Waals surface area contributed by atoms with Crippen molar-refractivity contribution in [3.05, 3.63) is 161 Å². The van der Waals surface area contributed by atoms with Crippen LogP contribution in [0.4, 0.5) is 0 Å². The molecule has 0 atom stereocenters. The van der Waals surface area contributed by atoms with Gasteiger partial charge in [0.15, 0.2) is 0 Å². The van der Waals surface area contributed by atoms with Gasteiger partial charge in [-0.2, -0.15) is 0 Å². The predicted octanol–water partition coefficient (Wildman–Crippen LogP) is 8.94. The lowest BCUT2D eigenvalue weighted by Gasteiger charge is -2.18. The lowest BCUT2D eigenvalue weighted by Crippen LogP contribution is -1.99. The summed E-state index contributed by atoms with van der Waals surface area (Å²) in [6.07, 6.45) is 8.56. The average Bonchev–Trinajstić information content (AvgIpc) is 3.50. The van der Waals surface area contributed by atoms with Crippen LogP contribution in [0, 0.1) is 0 Å². The normalized spacial score (nSPS) is 12.2. The Kier molecular flexibility index (Phi) is 7.98. The van der Waals surface area contributed by atoms with E-state index < -0.39 is 0 Å². The highest BCUT2D eigenvalue weighted by atomic mass is 16.5. The molecule has 0 spiro atoms. The molecule has 0 radical (unpaired) electrons. The Balaban J connectivity index is 1.39. The molecule has 4 aromatic carbocycles. The maximum atomic E-state index is 6.04. The third-order valence-corrected chi connectivity index (χ3v) is 6.60. The summed E-state index contributed by atoms with van der Waals surface area (Å²) in [4.78, 5) is 0. The molecule has 37 heavy (non-hydrogen) atoms. The first-order chi connectivity index (χ1) is 18.3. The average molecular weight is 485 g/mol. The van der Waals surface area contributed by atoms with Gasteiger partial charge >= 0.3 is 0 Å². The van der Waals surface area contributed by atoms with E-state index in [1.807, 2.05) is 36.4 Å². The SMILES string of the molecule is CCC(C1=CC=CC1)=C(c1ccc(OCc2ccccc2)cc1)c1ccc(OCc2ccccc2)cc1. The van der Waals surface area contributed by atoms with Gasteiger partial charge < -0.3 is 9.47 Å². The molecule has 0 unspecified atom stereocenters. The van der Waals surface area contributed by atoms with Crippen molar-refractivity contribution in [1.29, 1.82) is 0 Å². The number of rotatable bonds is 10. The topological polar surface area (TPSA) is 18.5 Å². The molecule has 5 rings (SSSR count). The summed E-state index contributed by atoms with van der Waals surface area (Å²) >= 11 is 0. The molecule has 0 amide bonds. The summed E-state index contributed by atoms with van der Waals surface area (Å²) < 4.78 is 12.1. The first-order valence-electron chi connectivity index (χ1n) is 12.9. The molecule has 0 saturated heterocycles. The smallest absolute Gasteiger partial charge is 0.119 e. The minimum absolute atomic E-state index is 0.562. The second-order valence-corrected chi connectivity index (χ2v) is 9.13. The van der Waals surface area contributed by atoms with Crippen molar-refractivity contribution >= 4 is 5.57 Å². The van der Waals surface area contributed by atoms with Crippen LogP contribution < -0.4 is 9.47 Å². The van der Waals surface area contributed by atoms with Gasteiger partial charge in [0.25, 0.3) is 0 Å². The van der Waals surface area contributed by atoms with E-state index in [4.69, 9.17) is 9.47 Å². The molecule has 4 aromatic rings. The van der Waals surface area contributed by atoms with Crippen LogP contribution in [0.3, 0.4) is 0 Å². The molecular weight excluding hydrogens is 452 g/mol. The van der Waals surface area contributed by atoms with E-state index in [0.29, 0.717) is 13.2 Å². The molecule has 2 heteroatoms. The van der Waals surface area contributed by atoms with Gasteiger partial charge in [0, 0.05) is 0 Å². The maximum absolute atomic E-state index is 6.04. The molecule has 0 bridgehead atoms. The molecule has 1 aliphatic carbocycles. The first-order valence-corrected chi connectivity index (χ1v) is 12.9. The number of allylic oxidation sites excluding steroid dienone is 5. The fraction of sp³-hybridized carbons (Fsp3) is 0.143. The molecular formula is C35H32O2. The van der Waals surface area contributed by atoms with Crippen LogP contribution in [0.15, 0.2) is 139 Å². The number of hydrogen-bond acceptors (Lipinski definition) is 2. The Hall–Kier alpha value is -4.30. The highest BCUT2D eigenvalue weighted by Gasteiger charge is 2.16. The van der Waals surface area contributed by atoms with Gasteiger partial charge in [0.05, 0.1) is 0 Å². The zero-order valence-electron chi connectivity index (χ0n) is 21.3. The largest absolute Gasteiger partial charge is 0.489 e. The second kappa shape index (κ2) is 12.1. The van der Waals surface area contributed by atoms with Crippen molar-refractivity contribution < 1.29 is 9.47 Å². The van der Waals surface area contributed by atoms with Crippen molar-refractivity contribution in [3.63, 3.8) is 0 Å². The van der Waals surface area contributed by atoms with Crippen LogP contribution in [-0.2, 0) is 13.2 Å². The summed E-state index contributed by atoms with van der Waals surface area (Å²) in [5.74, 6) is 1.74. The van der Waals surface area contributed by atoms with Gasteiger partial charge in [-0.05, 0) is 76.1 Å². The van der Waals surface area contributed by atoms with Gasteiger partial charge in [-0.15, -0.1) is 0 Å². The predicted molar refractivity (Wildman–Crippen MR) is 153 cm³/mol. The van der Waals surface area contributed by atoms with Crippen LogP contribution in [0.1, 0.15) is 42.0 Å². The monoisotopic (exact) mass is 484 g/mol. The highest BCUT2D eigenvalue weighted by molar-refractivity contribution is 5.85. The molecule has 0 N–H and O–H groups in total. The van der Waals surface area contributed by atoms with Crippen LogP contribution in [0.2, 0.25) is 0 Å². The third-order valence-electron chi connectivity index (χ3n) is 6.60. The Morgan fingerprint density at radius 2 is 1.11 bits per heavy atom. The van der Waals surface area contributed by atoms with E-state index in [1.54, 1.807) is 0 Å². The van der Waals surface area contributed by atoms with E-state index in [9.17, 15) is 0 Å². The zero-order valence-corrected chi connectivity index (χ0v) is 21.3. The van der Waals surface area contributed by atoms with Gasteiger partial charge in [-0.3, -0.25) is 0 Å². The van der Waals surface area contributed by atoms with E-state index >= 15 is 0 Å². The van der Waals surface area contributed by atoms with Crippen molar-refractivity contribution in [2.45, 2.75) is 33.0 Å². The highest BCUT2D eigenvalue weighted by Crippen LogP contribution is 2.36. The van der Waals surface area contributed by atoms with Crippen molar-refractivity contribution in [3.8, 4) is 11.5 Å². The molecule has 184 valence electrons. The van der Waals surface area contributed by atoms with Crippen molar-refractivity contribution in [2.24, 2.45) is 0 Å². The quantitative estimate of drug-likeness (QED) is 0.224. The van der Waals surface area contributed by atoms with Gasteiger partial charge in [0.2, 0.25) is 0 Å². The zero-order chi connectivity index (χ0) is 25.3. The van der Waals surface area contributed by atoms with Gasteiger partial charge in [-0.1, -0.05) is 110 Å². The number of hydrogen-bond donors (Lipinski definition) is 0. The molecule has 0 aromatic heterocycles. The fourth-order valence-corrected chi connectivity index (χ4v) is 4.67. The number of benzene rings is 4. The molecule has 2 nitrogen and oxygen atoms in total. The molecule has 1 aliphatic rings. The summed E-state index contributed by atoms with van der Waals surface area (Å²) in [5.41, 5.74) is 8.73. The Morgan fingerprint density at radius 1 is 0.622 bits per heavy atom. The van der Waals surface area contributed by atoms with E-state index in [0.717, 1.165) is 35.5 Å². The minimum atomic E-state index is 0.562.